The largest absolute Gasteiger partial charge is 0.326 e. The van der Waals surface area contributed by atoms with E-state index in [0.29, 0.717) is 6.61 Å². The van der Waals surface area contributed by atoms with Crippen LogP contribution in [0.15, 0.2) is 18.2 Å². The summed E-state index contributed by atoms with van der Waals surface area (Å²) in [6.07, 6.45) is 1.94. The summed E-state index contributed by atoms with van der Waals surface area (Å²) in [6, 6.07) is 5.96. The summed E-state index contributed by atoms with van der Waals surface area (Å²) in [6.45, 7) is 3.84. The van der Waals surface area contributed by atoms with Gasteiger partial charge in [0, 0.05) is 5.30 Å². The predicted molar refractivity (Wildman–Crippen MR) is 96.9 cm³/mol. The molecule has 1 aromatic rings. The molecule has 0 bridgehead atoms. The van der Waals surface area contributed by atoms with Crippen molar-refractivity contribution in [3.05, 3.63) is 29.3 Å². The lowest BCUT2D eigenvalue weighted by molar-refractivity contribution is 0.254. The highest BCUT2D eigenvalue weighted by molar-refractivity contribution is 8.13. The first kappa shape index (κ1) is 19.7. The first-order chi connectivity index (χ1) is 9.69. The second-order valence-electron chi connectivity index (χ2n) is 4.81. The Labute approximate surface area is 147 Å². The van der Waals surface area contributed by atoms with E-state index in [9.17, 15) is 0 Å². The van der Waals surface area contributed by atoms with Gasteiger partial charge in [-0.2, -0.15) is 0 Å². The quantitative estimate of drug-likeness (QED) is 0.351. The van der Waals surface area contributed by atoms with Crippen LogP contribution in [-0.4, -0.2) is 17.0 Å². The molecule has 0 N–H and O–H groups in total. The van der Waals surface area contributed by atoms with Gasteiger partial charge in [-0.15, -0.1) is 0 Å². The number of benzene rings is 1. The SMILES string of the molecule is CCCCOP(=S)(OCC(Cl)(Cl)Cl)c1c(C)cccc1C. The van der Waals surface area contributed by atoms with Crippen molar-refractivity contribution in [2.75, 3.05) is 13.2 Å². The molecule has 0 heterocycles. The minimum Gasteiger partial charge on any atom is -0.326 e. The summed E-state index contributed by atoms with van der Waals surface area (Å²) < 4.78 is 10.2. The van der Waals surface area contributed by atoms with E-state index in [1.807, 2.05) is 32.0 Å². The number of halogens is 3. The van der Waals surface area contributed by atoms with E-state index < -0.39 is 10.3 Å². The average Bonchev–Trinajstić information content (AvgIpc) is 2.36. The highest BCUT2D eigenvalue weighted by Gasteiger charge is 2.30. The maximum Gasteiger partial charge on any atom is 0.220 e. The lowest BCUT2D eigenvalue weighted by Gasteiger charge is -2.27. The Morgan fingerprint density at radius 3 is 2.19 bits per heavy atom. The summed E-state index contributed by atoms with van der Waals surface area (Å²) in [7, 11) is 0. The Balaban J connectivity index is 3.09. The van der Waals surface area contributed by atoms with Gasteiger partial charge in [0.2, 0.25) is 10.3 Å². The Kier molecular flexibility index (Phi) is 7.97. The summed E-state index contributed by atoms with van der Waals surface area (Å²) in [5, 5.41) is 0.922. The van der Waals surface area contributed by atoms with Crippen LogP contribution >= 0.6 is 41.3 Å². The molecular weight excluding hydrogens is 370 g/mol. The number of unbranched alkanes of at least 4 members (excludes halogenated alkanes) is 1. The van der Waals surface area contributed by atoms with Crippen molar-refractivity contribution < 1.29 is 9.05 Å². The molecule has 1 rings (SSSR count). The molecule has 0 radical (unpaired) electrons. The van der Waals surface area contributed by atoms with Crippen LogP contribution in [0.3, 0.4) is 0 Å². The van der Waals surface area contributed by atoms with E-state index in [1.165, 1.54) is 0 Å². The topological polar surface area (TPSA) is 18.5 Å². The van der Waals surface area contributed by atoms with Crippen molar-refractivity contribution in [2.24, 2.45) is 0 Å². The van der Waals surface area contributed by atoms with E-state index in [-0.39, 0.29) is 6.61 Å². The zero-order chi connectivity index (χ0) is 16.1. The first-order valence-electron chi connectivity index (χ1n) is 6.72. The van der Waals surface area contributed by atoms with Gasteiger partial charge in [0.15, 0.2) is 0 Å². The van der Waals surface area contributed by atoms with Crippen molar-refractivity contribution >= 4 is 58.4 Å². The second kappa shape index (κ2) is 8.49. The van der Waals surface area contributed by atoms with Crippen molar-refractivity contribution in [1.29, 1.82) is 0 Å². The molecule has 1 aromatic carbocycles. The molecule has 0 aromatic heterocycles. The van der Waals surface area contributed by atoms with Gasteiger partial charge < -0.3 is 9.05 Å². The van der Waals surface area contributed by atoms with Crippen LogP contribution < -0.4 is 5.30 Å². The molecule has 120 valence electrons. The average molecular weight is 390 g/mol. The van der Waals surface area contributed by atoms with E-state index in [0.717, 1.165) is 29.3 Å². The fourth-order valence-corrected chi connectivity index (χ4v) is 5.61. The van der Waals surface area contributed by atoms with Crippen LogP contribution in [0.5, 0.6) is 0 Å². The van der Waals surface area contributed by atoms with Crippen LogP contribution in [0.25, 0.3) is 0 Å². The number of alkyl halides is 3. The fourth-order valence-electron chi connectivity index (χ4n) is 1.89. The molecule has 0 aliphatic carbocycles. The van der Waals surface area contributed by atoms with Crippen molar-refractivity contribution in [1.82, 2.24) is 0 Å². The lowest BCUT2D eigenvalue weighted by Crippen LogP contribution is -2.21. The zero-order valence-electron chi connectivity index (χ0n) is 12.4. The summed E-state index contributed by atoms with van der Waals surface area (Å²) in [5.41, 5.74) is 2.08. The van der Waals surface area contributed by atoms with Crippen LogP contribution in [0, 0.1) is 13.8 Å². The molecule has 0 fully saturated rings. The highest BCUT2D eigenvalue weighted by Crippen LogP contribution is 2.51. The highest BCUT2D eigenvalue weighted by atomic mass is 35.6. The normalized spacial score (nSPS) is 15.0. The molecule has 0 spiro atoms. The maximum atomic E-state index is 5.94. The van der Waals surface area contributed by atoms with Crippen LogP contribution in [0.1, 0.15) is 30.9 Å². The summed E-state index contributed by atoms with van der Waals surface area (Å²) in [4.78, 5) is 0. The van der Waals surface area contributed by atoms with Crippen LogP contribution in [0.2, 0.25) is 0 Å². The van der Waals surface area contributed by atoms with E-state index >= 15 is 0 Å². The molecule has 0 aliphatic heterocycles. The number of rotatable bonds is 7. The van der Waals surface area contributed by atoms with E-state index in [4.69, 9.17) is 55.7 Å². The molecule has 0 aliphatic rings. The zero-order valence-corrected chi connectivity index (χ0v) is 16.3. The van der Waals surface area contributed by atoms with Gasteiger partial charge in [0.1, 0.15) is 6.61 Å². The number of aryl methyl sites for hydroxylation is 2. The Bertz CT molecular complexity index is 497. The van der Waals surface area contributed by atoms with Gasteiger partial charge in [0.25, 0.3) is 0 Å². The Morgan fingerprint density at radius 1 is 1.14 bits per heavy atom. The minimum absolute atomic E-state index is 0.0884. The molecule has 1 atom stereocenters. The standard InChI is InChI=1S/C14H20Cl3O2PS/c1-4-5-9-18-20(21,19-10-14(15,16)17)13-11(2)7-6-8-12(13)3/h6-8H,4-5,9-10H2,1-3H3. The van der Waals surface area contributed by atoms with Gasteiger partial charge in [-0.3, -0.25) is 0 Å². The Morgan fingerprint density at radius 2 is 1.71 bits per heavy atom. The number of hydrogen-bond acceptors (Lipinski definition) is 3. The van der Waals surface area contributed by atoms with Crippen LogP contribution in [-0.2, 0) is 20.9 Å². The van der Waals surface area contributed by atoms with Gasteiger partial charge in [-0.1, -0.05) is 66.3 Å². The van der Waals surface area contributed by atoms with Crippen molar-refractivity contribution in [3.8, 4) is 0 Å². The first-order valence-corrected chi connectivity index (χ1v) is 10.5. The second-order valence-corrected chi connectivity index (χ2v) is 10.7. The maximum absolute atomic E-state index is 5.94. The molecule has 0 amide bonds. The third-order valence-electron chi connectivity index (χ3n) is 2.87. The van der Waals surface area contributed by atoms with Crippen molar-refractivity contribution in [2.45, 2.75) is 37.4 Å². The van der Waals surface area contributed by atoms with Crippen LogP contribution in [0.4, 0.5) is 0 Å². The molecule has 0 saturated carbocycles. The summed E-state index contributed by atoms with van der Waals surface area (Å²) >= 11 is 23.1. The monoisotopic (exact) mass is 388 g/mol. The summed E-state index contributed by atoms with van der Waals surface area (Å²) in [5.74, 6) is 0. The van der Waals surface area contributed by atoms with Gasteiger partial charge in [0.05, 0.1) is 6.61 Å². The van der Waals surface area contributed by atoms with Gasteiger partial charge >= 0.3 is 0 Å². The molecule has 21 heavy (non-hydrogen) atoms. The molecule has 7 heteroatoms. The third kappa shape index (κ3) is 6.35. The van der Waals surface area contributed by atoms with Gasteiger partial charge in [-0.05, 0) is 43.2 Å². The third-order valence-corrected chi connectivity index (χ3v) is 6.62. The fraction of sp³-hybridized carbons (Fsp3) is 0.571. The smallest absolute Gasteiger partial charge is 0.220 e. The predicted octanol–water partition coefficient (Wildman–Crippen LogP) is 5.44. The molecule has 0 saturated heterocycles. The number of hydrogen-bond donors (Lipinski definition) is 0. The van der Waals surface area contributed by atoms with E-state index in [1.54, 1.807) is 0 Å². The van der Waals surface area contributed by atoms with Gasteiger partial charge in [-0.25, -0.2) is 0 Å². The molecule has 1 unspecified atom stereocenters. The van der Waals surface area contributed by atoms with E-state index in [2.05, 4.69) is 6.92 Å². The molecular formula is C14H20Cl3O2PS. The lowest BCUT2D eigenvalue weighted by atomic mass is 10.2. The molecule has 2 nitrogen and oxygen atoms in total. The Hall–Kier alpha value is 0.660. The van der Waals surface area contributed by atoms with Crippen molar-refractivity contribution in [3.63, 3.8) is 0 Å². The minimum atomic E-state index is -2.69.